The van der Waals surface area contributed by atoms with Gasteiger partial charge in [0.15, 0.2) is 0 Å². The number of amides is 1. The first-order chi connectivity index (χ1) is 5.70. The zero-order chi connectivity index (χ0) is 9.40. The maximum Gasteiger partial charge on any atom is 0.233 e. The minimum Gasteiger partial charge on any atom is -0.393 e. The smallest absolute Gasteiger partial charge is 0.233 e. The van der Waals surface area contributed by atoms with Crippen LogP contribution in [0.3, 0.4) is 0 Å². The molecule has 0 aromatic carbocycles. The van der Waals surface area contributed by atoms with Crippen molar-refractivity contribution in [3.05, 3.63) is 0 Å². The topological polar surface area (TPSA) is 61.4 Å². The number of aliphatic hydroxyl groups excluding tert-OH is 1. The molecule has 0 aliphatic rings. The van der Waals surface area contributed by atoms with Crippen molar-refractivity contribution in [1.29, 1.82) is 0 Å². The number of rotatable bonds is 6. The lowest BCUT2D eigenvalue weighted by molar-refractivity contribution is -0.119. The largest absolute Gasteiger partial charge is 0.393 e. The van der Waals surface area contributed by atoms with Gasteiger partial charge in [0, 0.05) is 7.05 Å². The van der Waals surface area contributed by atoms with Gasteiger partial charge >= 0.3 is 0 Å². The molecule has 0 spiro atoms. The van der Waals surface area contributed by atoms with E-state index in [-0.39, 0.29) is 12.0 Å². The quantitative estimate of drug-likeness (QED) is 0.475. The molecule has 12 heavy (non-hydrogen) atoms. The van der Waals surface area contributed by atoms with Crippen molar-refractivity contribution in [2.45, 2.75) is 25.9 Å². The van der Waals surface area contributed by atoms with E-state index in [9.17, 15) is 4.79 Å². The van der Waals surface area contributed by atoms with E-state index in [1.807, 2.05) is 6.92 Å². The highest BCUT2D eigenvalue weighted by molar-refractivity contribution is 5.77. The molecule has 4 nitrogen and oxygen atoms in total. The fourth-order valence-corrected chi connectivity index (χ4v) is 0.763. The number of likely N-dealkylation sites (N-methyl/N-ethyl adjacent to an activating group) is 1. The van der Waals surface area contributed by atoms with E-state index in [0.717, 1.165) is 6.42 Å². The Morgan fingerprint density at radius 1 is 1.58 bits per heavy atom. The van der Waals surface area contributed by atoms with E-state index >= 15 is 0 Å². The van der Waals surface area contributed by atoms with Crippen molar-refractivity contribution in [2.24, 2.45) is 0 Å². The Morgan fingerprint density at radius 2 is 2.25 bits per heavy atom. The standard InChI is InChI=1S/C8H18N2O2/c1-3-7(11)4-5-10-6-8(12)9-2/h7,10-11H,3-6H2,1-2H3,(H,9,12). The van der Waals surface area contributed by atoms with Crippen LogP contribution in [0.4, 0.5) is 0 Å². The molecule has 0 aliphatic carbocycles. The summed E-state index contributed by atoms with van der Waals surface area (Å²) < 4.78 is 0. The molecule has 72 valence electrons. The summed E-state index contributed by atoms with van der Waals surface area (Å²) in [4.78, 5) is 10.7. The summed E-state index contributed by atoms with van der Waals surface area (Å²) >= 11 is 0. The van der Waals surface area contributed by atoms with Crippen LogP contribution in [0.15, 0.2) is 0 Å². The Bertz CT molecular complexity index is 128. The second-order valence-electron chi connectivity index (χ2n) is 2.70. The summed E-state index contributed by atoms with van der Waals surface area (Å²) in [5.74, 6) is -0.0269. The molecule has 4 heteroatoms. The average molecular weight is 174 g/mol. The van der Waals surface area contributed by atoms with Crippen LogP contribution >= 0.6 is 0 Å². The first-order valence-electron chi connectivity index (χ1n) is 4.30. The molecule has 0 bridgehead atoms. The third-order valence-corrected chi connectivity index (χ3v) is 1.69. The summed E-state index contributed by atoms with van der Waals surface area (Å²) in [5.41, 5.74) is 0. The van der Waals surface area contributed by atoms with Crippen LogP contribution in [0, 0.1) is 0 Å². The number of nitrogens with one attached hydrogen (secondary N) is 2. The molecule has 0 saturated carbocycles. The first kappa shape index (κ1) is 11.4. The lowest BCUT2D eigenvalue weighted by Gasteiger charge is -2.07. The van der Waals surface area contributed by atoms with Crippen LogP contribution in [0.1, 0.15) is 19.8 Å². The van der Waals surface area contributed by atoms with E-state index in [2.05, 4.69) is 10.6 Å². The average Bonchev–Trinajstić information content (AvgIpc) is 2.11. The minimum absolute atomic E-state index is 0.0269. The lowest BCUT2D eigenvalue weighted by atomic mass is 10.2. The van der Waals surface area contributed by atoms with Gasteiger partial charge in [-0.15, -0.1) is 0 Å². The van der Waals surface area contributed by atoms with Gasteiger partial charge in [-0.1, -0.05) is 6.92 Å². The monoisotopic (exact) mass is 174 g/mol. The first-order valence-corrected chi connectivity index (χ1v) is 4.30. The molecule has 0 aliphatic heterocycles. The Balaban J connectivity index is 3.15. The number of hydrogen-bond donors (Lipinski definition) is 3. The Hall–Kier alpha value is -0.610. The predicted octanol–water partition coefficient (Wildman–Crippen LogP) is -0.517. The zero-order valence-corrected chi connectivity index (χ0v) is 7.76. The van der Waals surface area contributed by atoms with Gasteiger partial charge in [-0.2, -0.15) is 0 Å². The summed E-state index contributed by atoms with van der Waals surface area (Å²) in [6.07, 6.45) is 1.22. The highest BCUT2D eigenvalue weighted by Gasteiger charge is 2.00. The normalized spacial score (nSPS) is 12.6. The molecule has 0 heterocycles. The van der Waals surface area contributed by atoms with Gasteiger partial charge in [-0.05, 0) is 19.4 Å². The molecule has 0 aromatic rings. The molecule has 0 aromatic heterocycles. The number of hydrogen-bond acceptors (Lipinski definition) is 3. The van der Waals surface area contributed by atoms with Crippen molar-refractivity contribution in [2.75, 3.05) is 20.1 Å². The third-order valence-electron chi connectivity index (χ3n) is 1.69. The molecule has 1 amide bonds. The van der Waals surface area contributed by atoms with Gasteiger partial charge in [0.1, 0.15) is 0 Å². The number of carbonyl (C=O) groups excluding carboxylic acids is 1. The van der Waals surface area contributed by atoms with Crippen molar-refractivity contribution in [3.8, 4) is 0 Å². The molecule has 0 rings (SSSR count). The summed E-state index contributed by atoms with van der Waals surface area (Å²) in [6.45, 7) is 2.94. The maximum absolute atomic E-state index is 10.7. The third kappa shape index (κ3) is 6.12. The van der Waals surface area contributed by atoms with E-state index in [1.165, 1.54) is 0 Å². The maximum atomic E-state index is 10.7. The SMILES string of the molecule is CCC(O)CCNCC(=O)NC. The number of aliphatic hydroxyl groups is 1. The fraction of sp³-hybridized carbons (Fsp3) is 0.875. The van der Waals surface area contributed by atoms with Crippen LogP contribution in [-0.4, -0.2) is 37.3 Å². The highest BCUT2D eigenvalue weighted by atomic mass is 16.3. The molecule has 1 atom stereocenters. The van der Waals surface area contributed by atoms with Gasteiger partial charge in [0.05, 0.1) is 12.6 Å². The molecular formula is C8H18N2O2. The van der Waals surface area contributed by atoms with Crippen LogP contribution in [-0.2, 0) is 4.79 Å². The second-order valence-corrected chi connectivity index (χ2v) is 2.70. The van der Waals surface area contributed by atoms with Gasteiger partial charge in [0.2, 0.25) is 5.91 Å². The fourth-order valence-electron chi connectivity index (χ4n) is 0.763. The van der Waals surface area contributed by atoms with Gasteiger partial charge in [-0.25, -0.2) is 0 Å². The van der Waals surface area contributed by atoms with E-state index < -0.39 is 0 Å². The molecule has 0 fully saturated rings. The highest BCUT2D eigenvalue weighted by Crippen LogP contribution is 1.93. The summed E-state index contributed by atoms with van der Waals surface area (Å²) in [6, 6.07) is 0. The van der Waals surface area contributed by atoms with Crippen molar-refractivity contribution in [3.63, 3.8) is 0 Å². The van der Waals surface area contributed by atoms with Crippen LogP contribution in [0.25, 0.3) is 0 Å². The molecule has 3 N–H and O–H groups in total. The minimum atomic E-state index is -0.248. The van der Waals surface area contributed by atoms with E-state index in [4.69, 9.17) is 5.11 Å². The summed E-state index contributed by atoms with van der Waals surface area (Å²) in [5, 5.41) is 14.6. The molecular weight excluding hydrogens is 156 g/mol. The zero-order valence-electron chi connectivity index (χ0n) is 7.76. The Kier molecular flexibility index (Phi) is 6.70. The second kappa shape index (κ2) is 7.06. The lowest BCUT2D eigenvalue weighted by Crippen LogP contribution is -2.32. The summed E-state index contributed by atoms with van der Waals surface area (Å²) in [7, 11) is 1.60. The van der Waals surface area contributed by atoms with Gasteiger partial charge in [0.25, 0.3) is 0 Å². The van der Waals surface area contributed by atoms with Gasteiger partial charge in [-0.3, -0.25) is 4.79 Å². The Morgan fingerprint density at radius 3 is 2.75 bits per heavy atom. The Labute approximate surface area is 73.3 Å². The molecule has 0 radical (unpaired) electrons. The predicted molar refractivity (Wildman–Crippen MR) is 47.9 cm³/mol. The van der Waals surface area contributed by atoms with Crippen LogP contribution < -0.4 is 10.6 Å². The molecule has 1 unspecified atom stereocenters. The van der Waals surface area contributed by atoms with Crippen molar-refractivity contribution >= 4 is 5.91 Å². The van der Waals surface area contributed by atoms with Crippen molar-refractivity contribution in [1.82, 2.24) is 10.6 Å². The van der Waals surface area contributed by atoms with Gasteiger partial charge < -0.3 is 15.7 Å². The molecule has 0 saturated heterocycles. The van der Waals surface area contributed by atoms with E-state index in [1.54, 1.807) is 7.05 Å². The van der Waals surface area contributed by atoms with E-state index in [0.29, 0.717) is 19.5 Å². The number of carbonyl (C=O) groups is 1. The van der Waals surface area contributed by atoms with Crippen LogP contribution in [0.2, 0.25) is 0 Å². The van der Waals surface area contributed by atoms with Crippen molar-refractivity contribution < 1.29 is 9.90 Å². The van der Waals surface area contributed by atoms with Crippen LogP contribution in [0.5, 0.6) is 0 Å².